The molecule has 1 nitrogen and oxygen atoms in total. The van der Waals surface area contributed by atoms with E-state index in [0.717, 1.165) is 0 Å². The summed E-state index contributed by atoms with van der Waals surface area (Å²) in [5.74, 6) is 0. The third kappa shape index (κ3) is 11.7. The zero-order chi connectivity index (χ0) is 10.8. The molecule has 0 aromatic heterocycles. The number of unbranched alkanes of at least 4 members (excludes halogenated alkanes) is 2. The first-order valence-electron chi connectivity index (χ1n) is 6.07. The van der Waals surface area contributed by atoms with Gasteiger partial charge in [0.1, 0.15) is 0 Å². The molecule has 0 unspecified atom stereocenters. The molecule has 84 valence electrons. The zero-order valence-corrected chi connectivity index (χ0v) is 10.3. The van der Waals surface area contributed by atoms with Crippen molar-refractivity contribution in [3.05, 3.63) is 12.2 Å². The molecule has 1 aliphatic rings. The van der Waals surface area contributed by atoms with Gasteiger partial charge in [0.25, 0.3) is 0 Å². The molecule has 1 aliphatic heterocycles. The van der Waals surface area contributed by atoms with Gasteiger partial charge in [-0.05, 0) is 26.3 Å². The fourth-order valence-corrected chi connectivity index (χ4v) is 1.31. The Morgan fingerprint density at radius 3 is 2.07 bits per heavy atom. The van der Waals surface area contributed by atoms with E-state index in [9.17, 15) is 0 Å². The second-order valence-corrected chi connectivity index (χ2v) is 4.26. The van der Waals surface area contributed by atoms with Gasteiger partial charge in [-0.15, -0.1) is 6.58 Å². The first-order chi connectivity index (χ1) is 6.70. The van der Waals surface area contributed by atoms with Gasteiger partial charge < -0.3 is 4.90 Å². The summed E-state index contributed by atoms with van der Waals surface area (Å²) in [4.78, 5) is 2.48. The maximum Gasteiger partial charge on any atom is 0.0110 e. The fourth-order valence-electron chi connectivity index (χ4n) is 1.31. The largest absolute Gasteiger partial charge is 0.301 e. The Balaban J connectivity index is 0.000000255. The van der Waals surface area contributed by atoms with Crippen molar-refractivity contribution in [3.8, 4) is 0 Å². The van der Waals surface area contributed by atoms with Crippen molar-refractivity contribution in [1.82, 2.24) is 4.90 Å². The third-order valence-corrected chi connectivity index (χ3v) is 2.29. The van der Waals surface area contributed by atoms with Gasteiger partial charge in [-0.3, -0.25) is 0 Å². The van der Waals surface area contributed by atoms with Gasteiger partial charge in [0, 0.05) is 13.1 Å². The van der Waals surface area contributed by atoms with Gasteiger partial charge in [-0.1, -0.05) is 38.7 Å². The molecule has 0 spiro atoms. The van der Waals surface area contributed by atoms with Crippen molar-refractivity contribution >= 4 is 0 Å². The van der Waals surface area contributed by atoms with Gasteiger partial charge in [-0.25, -0.2) is 0 Å². The first-order valence-corrected chi connectivity index (χ1v) is 6.07. The molecule has 0 atom stereocenters. The smallest absolute Gasteiger partial charge is 0.0110 e. The van der Waals surface area contributed by atoms with Crippen LogP contribution in [0.3, 0.4) is 0 Å². The number of allylic oxidation sites excluding steroid dienone is 1. The van der Waals surface area contributed by atoms with Crippen LogP contribution in [0.25, 0.3) is 0 Å². The van der Waals surface area contributed by atoms with Crippen LogP contribution in [0.5, 0.6) is 0 Å². The molecule has 1 rings (SSSR count). The maximum atomic E-state index is 3.74. The second kappa shape index (κ2) is 9.26. The van der Waals surface area contributed by atoms with E-state index >= 15 is 0 Å². The molecule has 1 saturated heterocycles. The molecule has 1 heterocycles. The highest BCUT2D eigenvalue weighted by molar-refractivity contribution is 4.86. The predicted octanol–water partition coefficient (Wildman–Crippen LogP) is 3.85. The first kappa shape index (κ1) is 13.7. The Morgan fingerprint density at radius 1 is 1.14 bits per heavy atom. The molecule has 1 heteroatoms. The van der Waals surface area contributed by atoms with Crippen molar-refractivity contribution < 1.29 is 0 Å². The van der Waals surface area contributed by atoms with Gasteiger partial charge in [0.2, 0.25) is 0 Å². The average Bonchev–Trinajstić information content (AvgIpc) is 2.89. The minimum absolute atomic E-state index is 1.18. The van der Waals surface area contributed by atoms with Crippen molar-refractivity contribution in [2.75, 3.05) is 19.6 Å². The summed E-state index contributed by atoms with van der Waals surface area (Å²) < 4.78 is 0. The quantitative estimate of drug-likeness (QED) is 0.355. The van der Waals surface area contributed by atoms with Gasteiger partial charge in [0.05, 0.1) is 0 Å². The summed E-state index contributed by atoms with van der Waals surface area (Å²) in [6.45, 7) is 14.3. The molecule has 0 saturated carbocycles. The van der Waals surface area contributed by atoms with Crippen LogP contribution in [0.4, 0.5) is 0 Å². The number of nitrogens with zero attached hydrogens (tertiary/aromatic N) is 1. The Morgan fingerprint density at radius 2 is 1.79 bits per heavy atom. The lowest BCUT2D eigenvalue weighted by Crippen LogP contribution is -1.97. The predicted molar refractivity (Wildman–Crippen MR) is 65.7 cm³/mol. The molecule has 0 radical (unpaired) electrons. The zero-order valence-electron chi connectivity index (χ0n) is 10.3. The maximum absolute atomic E-state index is 3.74. The lowest BCUT2D eigenvalue weighted by atomic mass is 10.2. The highest BCUT2D eigenvalue weighted by Crippen LogP contribution is 2.05. The summed E-state index contributed by atoms with van der Waals surface area (Å²) in [5, 5.41) is 0. The minimum Gasteiger partial charge on any atom is -0.301 e. The topological polar surface area (TPSA) is 3.01 Å². The number of hydrogen-bond donors (Lipinski definition) is 0. The minimum atomic E-state index is 1.18. The standard InChI is InChI=1S/C7H15N.C6H12/c1-2-3-4-5-8-6-7-8;1-4-5-6(2)3/h2-7H2,1H3;2,4-5H2,1,3H3. The Labute approximate surface area is 90.2 Å². The summed E-state index contributed by atoms with van der Waals surface area (Å²) in [6, 6.07) is 0. The number of hydrogen-bond acceptors (Lipinski definition) is 1. The summed E-state index contributed by atoms with van der Waals surface area (Å²) in [7, 11) is 0. The highest BCUT2D eigenvalue weighted by Gasteiger charge is 2.14. The fraction of sp³-hybridized carbons (Fsp3) is 0.846. The van der Waals surface area contributed by atoms with E-state index in [1.165, 1.54) is 57.3 Å². The summed E-state index contributed by atoms with van der Waals surface area (Å²) in [6.07, 6.45) is 6.59. The molecule has 0 N–H and O–H groups in total. The molecule has 0 bridgehead atoms. The van der Waals surface area contributed by atoms with Crippen LogP contribution in [-0.2, 0) is 0 Å². The highest BCUT2D eigenvalue weighted by atomic mass is 15.2. The van der Waals surface area contributed by atoms with E-state index in [0.29, 0.717) is 0 Å². The van der Waals surface area contributed by atoms with E-state index in [4.69, 9.17) is 0 Å². The van der Waals surface area contributed by atoms with Crippen LogP contribution in [0.15, 0.2) is 12.2 Å². The van der Waals surface area contributed by atoms with E-state index in [1.807, 2.05) is 0 Å². The van der Waals surface area contributed by atoms with Gasteiger partial charge >= 0.3 is 0 Å². The van der Waals surface area contributed by atoms with Gasteiger partial charge in [0.15, 0.2) is 0 Å². The van der Waals surface area contributed by atoms with Crippen LogP contribution in [0.2, 0.25) is 0 Å². The van der Waals surface area contributed by atoms with Crippen molar-refractivity contribution in [2.45, 2.75) is 52.9 Å². The summed E-state index contributed by atoms with van der Waals surface area (Å²) >= 11 is 0. The van der Waals surface area contributed by atoms with Crippen LogP contribution in [-0.4, -0.2) is 24.5 Å². The third-order valence-electron chi connectivity index (χ3n) is 2.29. The van der Waals surface area contributed by atoms with Crippen LogP contribution < -0.4 is 0 Å². The monoisotopic (exact) mass is 197 g/mol. The molecular formula is C13H27N. The van der Waals surface area contributed by atoms with Crippen LogP contribution in [0, 0.1) is 0 Å². The SMILES string of the molecule is C=C(C)CCC.CCCCCN1CC1. The molecular weight excluding hydrogens is 170 g/mol. The molecule has 14 heavy (non-hydrogen) atoms. The van der Waals surface area contributed by atoms with E-state index < -0.39 is 0 Å². The molecule has 1 fully saturated rings. The Bertz CT molecular complexity index is 136. The number of rotatable bonds is 6. The molecule has 0 aromatic carbocycles. The Hall–Kier alpha value is -0.300. The molecule has 0 amide bonds. The van der Waals surface area contributed by atoms with Crippen LogP contribution >= 0.6 is 0 Å². The van der Waals surface area contributed by atoms with Crippen molar-refractivity contribution in [2.24, 2.45) is 0 Å². The van der Waals surface area contributed by atoms with E-state index in [2.05, 4.69) is 32.3 Å². The lowest BCUT2D eigenvalue weighted by molar-refractivity contribution is 0.517. The average molecular weight is 197 g/mol. The Kier molecular flexibility index (Phi) is 9.06. The molecule has 0 aromatic rings. The van der Waals surface area contributed by atoms with E-state index in [-0.39, 0.29) is 0 Å². The van der Waals surface area contributed by atoms with Crippen LogP contribution in [0.1, 0.15) is 52.9 Å². The normalized spacial score (nSPS) is 14.5. The lowest BCUT2D eigenvalue weighted by Gasteiger charge is -1.96. The second-order valence-electron chi connectivity index (χ2n) is 4.26. The van der Waals surface area contributed by atoms with Gasteiger partial charge in [-0.2, -0.15) is 0 Å². The van der Waals surface area contributed by atoms with E-state index in [1.54, 1.807) is 0 Å². The molecule has 0 aliphatic carbocycles. The van der Waals surface area contributed by atoms with Crippen molar-refractivity contribution in [3.63, 3.8) is 0 Å². The summed E-state index contributed by atoms with van der Waals surface area (Å²) in [5.41, 5.74) is 1.29. The van der Waals surface area contributed by atoms with Crippen molar-refractivity contribution in [1.29, 1.82) is 0 Å².